The van der Waals surface area contributed by atoms with Gasteiger partial charge in [-0.15, -0.1) is 0 Å². The van der Waals surface area contributed by atoms with Gasteiger partial charge in [-0.3, -0.25) is 4.79 Å². The molecule has 1 heterocycles. The number of anilines is 1. The largest absolute Gasteiger partial charge is 0.360 e. The Bertz CT molecular complexity index is 788. The molecule has 1 aromatic heterocycles. The first-order valence-electron chi connectivity index (χ1n) is 6.30. The van der Waals surface area contributed by atoms with Gasteiger partial charge in [0.25, 0.3) is 0 Å². The zero-order chi connectivity index (χ0) is 16.3. The average molecular weight is 344 g/mol. The number of rotatable bonds is 5. The summed E-state index contributed by atoms with van der Waals surface area (Å²) in [6, 6.07) is 6.29. The number of carbonyl (C=O) groups is 1. The minimum atomic E-state index is -3.85. The van der Waals surface area contributed by atoms with Crippen molar-refractivity contribution in [3.63, 3.8) is 0 Å². The number of nitrogens with one attached hydrogen (secondary N) is 2. The van der Waals surface area contributed by atoms with Crippen LogP contribution in [-0.2, 0) is 14.8 Å². The van der Waals surface area contributed by atoms with Crippen LogP contribution in [0.3, 0.4) is 0 Å². The van der Waals surface area contributed by atoms with E-state index in [1.807, 2.05) is 0 Å². The second kappa shape index (κ2) is 6.47. The molecule has 0 fully saturated rings. The Labute approximate surface area is 132 Å². The predicted molar refractivity (Wildman–Crippen MR) is 81.1 cm³/mol. The lowest BCUT2D eigenvalue weighted by molar-refractivity contribution is -0.117. The van der Waals surface area contributed by atoms with Crippen molar-refractivity contribution < 1.29 is 17.7 Å². The molecular weight excluding hydrogens is 330 g/mol. The van der Waals surface area contributed by atoms with Crippen LogP contribution < -0.4 is 10.0 Å². The molecule has 2 aromatic rings. The molecule has 0 saturated heterocycles. The van der Waals surface area contributed by atoms with E-state index in [1.54, 1.807) is 13.0 Å². The van der Waals surface area contributed by atoms with Gasteiger partial charge in [-0.2, -0.15) is 4.72 Å². The van der Waals surface area contributed by atoms with E-state index >= 15 is 0 Å². The summed E-state index contributed by atoms with van der Waals surface area (Å²) >= 11 is 5.77. The average Bonchev–Trinajstić information content (AvgIpc) is 2.83. The number of amides is 1. The lowest BCUT2D eigenvalue weighted by Gasteiger charge is -2.13. The smallest absolute Gasteiger partial charge is 0.243 e. The third-order valence-electron chi connectivity index (χ3n) is 2.71. The summed E-state index contributed by atoms with van der Waals surface area (Å²) in [4.78, 5) is 11.9. The summed E-state index contributed by atoms with van der Waals surface area (Å²) in [5.74, 6) is 0.192. The van der Waals surface area contributed by atoms with E-state index in [2.05, 4.69) is 15.2 Å². The Balaban J connectivity index is 2.07. The van der Waals surface area contributed by atoms with Gasteiger partial charge in [-0.25, -0.2) is 8.42 Å². The van der Waals surface area contributed by atoms with E-state index in [1.165, 1.54) is 31.2 Å². The van der Waals surface area contributed by atoms with Gasteiger partial charge in [-0.1, -0.05) is 22.8 Å². The number of hydrogen-bond acceptors (Lipinski definition) is 5. The minimum absolute atomic E-state index is 0.0167. The maximum atomic E-state index is 12.2. The van der Waals surface area contributed by atoms with Crippen LogP contribution in [0.25, 0.3) is 0 Å². The molecule has 0 radical (unpaired) electrons. The van der Waals surface area contributed by atoms with Gasteiger partial charge in [0, 0.05) is 11.1 Å². The molecule has 1 aromatic carbocycles. The van der Waals surface area contributed by atoms with Gasteiger partial charge in [0.1, 0.15) is 5.76 Å². The number of aromatic nitrogens is 1. The van der Waals surface area contributed by atoms with E-state index in [4.69, 9.17) is 16.1 Å². The van der Waals surface area contributed by atoms with Gasteiger partial charge in [-0.05, 0) is 32.0 Å². The van der Waals surface area contributed by atoms with Crippen molar-refractivity contribution in [2.45, 2.75) is 24.8 Å². The summed E-state index contributed by atoms with van der Waals surface area (Å²) in [7, 11) is -3.85. The van der Waals surface area contributed by atoms with Crippen molar-refractivity contribution in [2.75, 3.05) is 5.32 Å². The third kappa shape index (κ3) is 4.06. The Hall–Kier alpha value is -1.90. The van der Waals surface area contributed by atoms with Crippen molar-refractivity contribution >= 4 is 33.3 Å². The van der Waals surface area contributed by atoms with Gasteiger partial charge in [0.15, 0.2) is 5.82 Å². The van der Waals surface area contributed by atoms with Crippen molar-refractivity contribution in [3.05, 3.63) is 41.1 Å². The molecule has 9 heteroatoms. The fourth-order valence-corrected chi connectivity index (χ4v) is 3.15. The van der Waals surface area contributed by atoms with Gasteiger partial charge >= 0.3 is 0 Å². The molecule has 0 aliphatic carbocycles. The second-order valence-electron chi connectivity index (χ2n) is 4.61. The highest BCUT2D eigenvalue weighted by molar-refractivity contribution is 7.89. The van der Waals surface area contributed by atoms with Crippen LogP contribution in [0, 0.1) is 6.92 Å². The number of halogens is 1. The Morgan fingerprint density at radius 3 is 2.68 bits per heavy atom. The summed E-state index contributed by atoms with van der Waals surface area (Å²) < 4.78 is 31.4. The number of aryl methyl sites for hydroxylation is 1. The van der Waals surface area contributed by atoms with Crippen LogP contribution in [0.1, 0.15) is 12.7 Å². The molecular formula is C13H14ClN3O4S. The fourth-order valence-electron chi connectivity index (χ4n) is 1.65. The van der Waals surface area contributed by atoms with E-state index in [0.717, 1.165) is 0 Å². The van der Waals surface area contributed by atoms with E-state index in [0.29, 0.717) is 5.76 Å². The monoisotopic (exact) mass is 343 g/mol. The topological polar surface area (TPSA) is 101 Å². The molecule has 1 atom stereocenters. The van der Waals surface area contributed by atoms with Crippen LogP contribution in [0.4, 0.5) is 5.82 Å². The molecule has 1 amide bonds. The van der Waals surface area contributed by atoms with E-state index < -0.39 is 22.0 Å². The number of hydrogen-bond donors (Lipinski definition) is 2. The predicted octanol–water partition coefficient (Wildman–Crippen LogP) is 1.94. The Kier molecular flexibility index (Phi) is 4.84. The molecule has 0 bridgehead atoms. The highest BCUT2D eigenvalue weighted by Gasteiger charge is 2.22. The standard InChI is InChI=1S/C13H14ClN3O4S/c1-8-6-12(16-21-8)15-13(18)9(2)17-22(19,20)11-5-3-4-10(14)7-11/h3-7,9,17H,1-2H3,(H,15,16,18)/t9-/m1/s1. The first-order chi connectivity index (χ1) is 10.3. The molecule has 0 aliphatic rings. The molecule has 0 saturated carbocycles. The molecule has 0 aliphatic heterocycles. The van der Waals surface area contributed by atoms with Crippen LogP contribution in [0.15, 0.2) is 39.8 Å². The normalized spacial score (nSPS) is 12.9. The summed E-state index contributed by atoms with van der Waals surface area (Å²) in [5.41, 5.74) is 0. The molecule has 0 unspecified atom stereocenters. The van der Waals surface area contributed by atoms with Crippen molar-refractivity contribution in [3.8, 4) is 0 Å². The number of sulfonamides is 1. The third-order valence-corrected chi connectivity index (χ3v) is 4.48. The van der Waals surface area contributed by atoms with Crippen molar-refractivity contribution in [1.29, 1.82) is 0 Å². The summed E-state index contributed by atoms with van der Waals surface area (Å²) in [6.45, 7) is 3.10. The molecule has 0 spiro atoms. The van der Waals surface area contributed by atoms with Gasteiger partial charge in [0.2, 0.25) is 15.9 Å². The molecule has 118 valence electrons. The first-order valence-corrected chi connectivity index (χ1v) is 8.16. The molecule has 2 N–H and O–H groups in total. The zero-order valence-electron chi connectivity index (χ0n) is 11.8. The number of nitrogens with zero attached hydrogens (tertiary/aromatic N) is 1. The van der Waals surface area contributed by atoms with Gasteiger partial charge in [0.05, 0.1) is 10.9 Å². The van der Waals surface area contributed by atoms with Gasteiger partial charge < -0.3 is 9.84 Å². The minimum Gasteiger partial charge on any atom is -0.360 e. The SMILES string of the molecule is Cc1cc(NC(=O)[C@@H](C)NS(=O)(=O)c2cccc(Cl)c2)no1. The van der Waals surface area contributed by atoms with Crippen LogP contribution >= 0.6 is 11.6 Å². The maximum absolute atomic E-state index is 12.2. The van der Waals surface area contributed by atoms with Crippen molar-refractivity contribution in [2.24, 2.45) is 0 Å². The second-order valence-corrected chi connectivity index (χ2v) is 6.76. The lowest BCUT2D eigenvalue weighted by Crippen LogP contribution is -2.41. The van der Waals surface area contributed by atoms with E-state index in [-0.39, 0.29) is 15.7 Å². The molecule has 7 nitrogen and oxygen atoms in total. The highest BCUT2D eigenvalue weighted by Crippen LogP contribution is 2.16. The number of benzene rings is 1. The lowest BCUT2D eigenvalue weighted by atomic mass is 10.3. The Morgan fingerprint density at radius 1 is 1.36 bits per heavy atom. The molecule has 22 heavy (non-hydrogen) atoms. The fraction of sp³-hybridized carbons (Fsp3) is 0.231. The van der Waals surface area contributed by atoms with Crippen molar-refractivity contribution in [1.82, 2.24) is 9.88 Å². The number of carbonyl (C=O) groups excluding carboxylic acids is 1. The highest BCUT2D eigenvalue weighted by atomic mass is 35.5. The summed E-state index contributed by atoms with van der Waals surface area (Å²) in [6.07, 6.45) is 0. The Morgan fingerprint density at radius 2 is 2.09 bits per heavy atom. The maximum Gasteiger partial charge on any atom is 0.243 e. The summed E-state index contributed by atoms with van der Waals surface area (Å²) in [5, 5.41) is 6.34. The first kappa shape index (κ1) is 16.5. The van der Waals surface area contributed by atoms with Crippen LogP contribution in [0.5, 0.6) is 0 Å². The quantitative estimate of drug-likeness (QED) is 0.863. The molecule has 2 rings (SSSR count). The van der Waals surface area contributed by atoms with E-state index in [9.17, 15) is 13.2 Å². The van der Waals surface area contributed by atoms with Crippen LogP contribution in [0.2, 0.25) is 5.02 Å². The van der Waals surface area contributed by atoms with Crippen LogP contribution in [-0.4, -0.2) is 25.5 Å². The zero-order valence-corrected chi connectivity index (χ0v) is 13.4.